The number of carbonyl (C=O) groups excluding carboxylic acids is 1. The Morgan fingerprint density at radius 3 is 2.90 bits per heavy atom. The van der Waals surface area contributed by atoms with Gasteiger partial charge in [0.05, 0.1) is 17.6 Å². The van der Waals surface area contributed by atoms with Gasteiger partial charge in [-0.1, -0.05) is 0 Å². The molecule has 0 spiro atoms. The summed E-state index contributed by atoms with van der Waals surface area (Å²) in [5.41, 5.74) is 5.25. The number of nitrogens with one attached hydrogen (secondary N) is 1. The second kappa shape index (κ2) is 6.00. The number of nitrogens with zero attached hydrogens (tertiary/aromatic N) is 2. The van der Waals surface area contributed by atoms with Gasteiger partial charge >= 0.3 is 11.7 Å². The molecule has 0 bridgehead atoms. The van der Waals surface area contributed by atoms with Crippen molar-refractivity contribution in [2.45, 2.75) is 23.5 Å². The van der Waals surface area contributed by atoms with Crippen LogP contribution in [-0.2, 0) is 11.3 Å². The number of halogens is 1. The van der Waals surface area contributed by atoms with Gasteiger partial charge in [-0.05, 0) is 30.8 Å². The average Bonchev–Trinajstić information content (AvgIpc) is 2.81. The SMILES string of the molecule is CCn1c(Sc2cc(C(=O)OC)c(N)cc2F)n[nH]c1=O. The molecule has 21 heavy (non-hydrogen) atoms. The summed E-state index contributed by atoms with van der Waals surface area (Å²) in [6, 6.07) is 2.32. The van der Waals surface area contributed by atoms with Crippen molar-refractivity contribution in [3.05, 3.63) is 34.0 Å². The maximum Gasteiger partial charge on any atom is 0.343 e. The predicted octanol–water partition coefficient (Wildman–Crippen LogP) is 1.25. The number of aromatic amines is 1. The fraction of sp³-hybridized carbons (Fsp3) is 0.250. The molecule has 1 heterocycles. The van der Waals surface area contributed by atoms with Crippen LogP contribution in [0.1, 0.15) is 17.3 Å². The van der Waals surface area contributed by atoms with Gasteiger partial charge < -0.3 is 10.5 Å². The van der Waals surface area contributed by atoms with E-state index in [9.17, 15) is 14.0 Å². The van der Waals surface area contributed by atoms with E-state index in [4.69, 9.17) is 5.73 Å². The molecule has 0 aliphatic carbocycles. The lowest BCUT2D eigenvalue weighted by atomic mass is 10.2. The first-order valence-corrected chi connectivity index (χ1v) is 6.80. The van der Waals surface area contributed by atoms with E-state index in [2.05, 4.69) is 14.9 Å². The van der Waals surface area contributed by atoms with Crippen molar-refractivity contribution >= 4 is 23.4 Å². The molecule has 0 saturated heterocycles. The number of esters is 1. The van der Waals surface area contributed by atoms with Crippen LogP contribution >= 0.6 is 11.8 Å². The van der Waals surface area contributed by atoms with Crippen LogP contribution in [0.3, 0.4) is 0 Å². The molecule has 0 amide bonds. The highest BCUT2D eigenvalue weighted by Crippen LogP contribution is 2.31. The first kappa shape index (κ1) is 15.1. The molecule has 0 aliphatic heterocycles. The molecule has 3 N–H and O–H groups in total. The van der Waals surface area contributed by atoms with Crippen molar-refractivity contribution in [2.24, 2.45) is 0 Å². The first-order valence-electron chi connectivity index (χ1n) is 5.98. The number of aromatic nitrogens is 3. The fourth-order valence-corrected chi connectivity index (χ4v) is 2.64. The van der Waals surface area contributed by atoms with Gasteiger partial charge in [-0.3, -0.25) is 4.57 Å². The van der Waals surface area contributed by atoms with Crippen LogP contribution in [0.4, 0.5) is 10.1 Å². The third-order valence-electron chi connectivity index (χ3n) is 2.75. The molecule has 112 valence electrons. The molecule has 7 nitrogen and oxygen atoms in total. The molecule has 2 aromatic rings. The number of rotatable bonds is 4. The highest BCUT2D eigenvalue weighted by molar-refractivity contribution is 7.99. The molecule has 1 aromatic carbocycles. The molecular formula is C12H13FN4O3S. The van der Waals surface area contributed by atoms with E-state index >= 15 is 0 Å². The van der Waals surface area contributed by atoms with Gasteiger partial charge in [-0.2, -0.15) is 0 Å². The van der Waals surface area contributed by atoms with Crippen LogP contribution in [0.5, 0.6) is 0 Å². The maximum atomic E-state index is 13.9. The Hall–Kier alpha value is -2.29. The number of H-pyrrole nitrogens is 1. The third-order valence-corrected chi connectivity index (χ3v) is 3.78. The molecule has 0 saturated carbocycles. The minimum atomic E-state index is -0.663. The average molecular weight is 312 g/mol. The van der Waals surface area contributed by atoms with Crippen LogP contribution in [0.2, 0.25) is 0 Å². The summed E-state index contributed by atoms with van der Waals surface area (Å²) in [6.45, 7) is 2.15. The molecule has 0 atom stereocenters. The number of hydrogen-bond acceptors (Lipinski definition) is 6. The van der Waals surface area contributed by atoms with E-state index < -0.39 is 11.8 Å². The summed E-state index contributed by atoms with van der Waals surface area (Å²) in [7, 11) is 1.21. The normalized spacial score (nSPS) is 10.6. The van der Waals surface area contributed by atoms with Gasteiger partial charge in [0.15, 0.2) is 5.16 Å². The molecule has 0 aliphatic rings. The highest BCUT2D eigenvalue weighted by Gasteiger charge is 2.17. The van der Waals surface area contributed by atoms with Crippen molar-refractivity contribution < 1.29 is 13.9 Å². The number of ether oxygens (including phenoxy) is 1. The van der Waals surface area contributed by atoms with Gasteiger partial charge in [0, 0.05) is 12.2 Å². The molecule has 0 unspecified atom stereocenters. The van der Waals surface area contributed by atoms with E-state index in [0.29, 0.717) is 11.7 Å². The predicted molar refractivity (Wildman–Crippen MR) is 74.8 cm³/mol. The first-order chi connectivity index (χ1) is 9.97. The Kier molecular flexibility index (Phi) is 4.32. The summed E-state index contributed by atoms with van der Waals surface area (Å²) < 4.78 is 19.9. The summed E-state index contributed by atoms with van der Waals surface area (Å²) >= 11 is 0.919. The minimum absolute atomic E-state index is 0.0152. The lowest BCUT2D eigenvalue weighted by molar-refractivity contribution is 0.0601. The van der Waals surface area contributed by atoms with Gasteiger partial charge in [0.1, 0.15) is 5.82 Å². The molecule has 0 radical (unpaired) electrons. The van der Waals surface area contributed by atoms with Crippen LogP contribution in [0, 0.1) is 5.82 Å². The van der Waals surface area contributed by atoms with Crippen molar-refractivity contribution in [1.82, 2.24) is 14.8 Å². The van der Waals surface area contributed by atoms with E-state index in [1.54, 1.807) is 6.92 Å². The standard InChI is InChI=1S/C12H13FN4O3S/c1-3-17-11(19)15-16-12(17)21-9-4-6(10(18)20-2)8(14)5-7(9)13/h4-5H,3,14H2,1-2H3,(H,15,19). The fourth-order valence-electron chi connectivity index (χ4n) is 1.69. The Morgan fingerprint density at radius 2 is 2.29 bits per heavy atom. The number of benzene rings is 1. The van der Waals surface area contributed by atoms with E-state index in [0.717, 1.165) is 17.8 Å². The zero-order valence-corrected chi connectivity index (χ0v) is 12.2. The number of methoxy groups -OCH3 is 1. The van der Waals surface area contributed by atoms with Crippen molar-refractivity contribution in [3.8, 4) is 0 Å². The largest absolute Gasteiger partial charge is 0.465 e. The lowest BCUT2D eigenvalue weighted by Crippen LogP contribution is -2.16. The van der Waals surface area contributed by atoms with Gasteiger partial charge in [0.2, 0.25) is 0 Å². The topological polar surface area (TPSA) is 103 Å². The minimum Gasteiger partial charge on any atom is -0.465 e. The van der Waals surface area contributed by atoms with Crippen molar-refractivity contribution in [2.75, 3.05) is 12.8 Å². The Labute approximate surface area is 123 Å². The third kappa shape index (κ3) is 2.92. The van der Waals surface area contributed by atoms with E-state index in [1.807, 2.05) is 0 Å². The number of nitrogen functional groups attached to an aromatic ring is 1. The van der Waals surface area contributed by atoms with E-state index in [-0.39, 0.29) is 21.8 Å². The van der Waals surface area contributed by atoms with Crippen LogP contribution in [0.25, 0.3) is 0 Å². The monoisotopic (exact) mass is 312 g/mol. The Balaban J connectivity index is 2.44. The summed E-state index contributed by atoms with van der Waals surface area (Å²) in [6.07, 6.45) is 0. The van der Waals surface area contributed by atoms with Gasteiger partial charge in [0.25, 0.3) is 0 Å². The number of carbonyl (C=O) groups is 1. The molecule has 9 heteroatoms. The summed E-state index contributed by atoms with van der Waals surface area (Å²) in [5.74, 6) is -1.27. The second-order valence-electron chi connectivity index (χ2n) is 4.02. The van der Waals surface area contributed by atoms with Crippen LogP contribution in [-0.4, -0.2) is 27.8 Å². The van der Waals surface area contributed by atoms with Crippen LogP contribution in [0.15, 0.2) is 27.0 Å². The van der Waals surface area contributed by atoms with Crippen molar-refractivity contribution in [3.63, 3.8) is 0 Å². The molecule has 1 aromatic heterocycles. The second-order valence-corrected chi connectivity index (χ2v) is 5.03. The van der Waals surface area contributed by atoms with Crippen molar-refractivity contribution in [1.29, 1.82) is 0 Å². The van der Waals surface area contributed by atoms with E-state index in [1.165, 1.54) is 17.7 Å². The highest BCUT2D eigenvalue weighted by atomic mass is 32.2. The zero-order chi connectivity index (χ0) is 15.6. The molecular weight excluding hydrogens is 299 g/mol. The number of anilines is 1. The summed E-state index contributed by atoms with van der Waals surface area (Å²) in [4.78, 5) is 23.2. The van der Waals surface area contributed by atoms with Crippen LogP contribution < -0.4 is 11.4 Å². The van der Waals surface area contributed by atoms with Gasteiger partial charge in [-0.15, -0.1) is 5.10 Å². The smallest absolute Gasteiger partial charge is 0.343 e. The molecule has 0 fully saturated rings. The number of nitrogens with two attached hydrogens (primary N) is 1. The maximum absolute atomic E-state index is 13.9. The zero-order valence-electron chi connectivity index (χ0n) is 11.3. The molecule has 2 rings (SSSR count). The summed E-state index contributed by atoms with van der Waals surface area (Å²) in [5, 5.41) is 6.39. The van der Waals surface area contributed by atoms with Gasteiger partial charge in [-0.25, -0.2) is 19.1 Å². The lowest BCUT2D eigenvalue weighted by Gasteiger charge is -2.08. The number of hydrogen-bond donors (Lipinski definition) is 2. The Morgan fingerprint density at radius 1 is 1.57 bits per heavy atom. The quantitative estimate of drug-likeness (QED) is 0.650. The Bertz CT molecular complexity index is 741.